The van der Waals surface area contributed by atoms with Crippen LogP contribution in [0.1, 0.15) is 15.9 Å². The molecule has 21 heavy (non-hydrogen) atoms. The average Bonchev–Trinajstić information content (AvgIpc) is 2.55. The van der Waals surface area contributed by atoms with Crippen molar-refractivity contribution in [3.8, 4) is 17.6 Å². The summed E-state index contributed by atoms with van der Waals surface area (Å²) in [5.41, 5.74) is 1.48. The molecule has 0 spiro atoms. The molecule has 0 saturated heterocycles. The van der Waals surface area contributed by atoms with E-state index in [-0.39, 0.29) is 0 Å². The number of hydrogen-bond donors (Lipinski definition) is 0. The molecule has 1 heterocycles. The quantitative estimate of drug-likeness (QED) is 0.683. The Morgan fingerprint density at radius 3 is 2.76 bits per heavy atom. The third kappa shape index (κ3) is 2.45. The van der Waals surface area contributed by atoms with Gasteiger partial charge < -0.3 is 4.74 Å². The van der Waals surface area contributed by atoms with E-state index < -0.39 is 0 Å². The molecule has 0 radical (unpaired) electrons. The molecule has 1 aromatic heterocycles. The van der Waals surface area contributed by atoms with Crippen molar-refractivity contribution in [2.75, 3.05) is 0 Å². The molecule has 2 aromatic carbocycles. The van der Waals surface area contributed by atoms with Gasteiger partial charge in [-0.1, -0.05) is 18.2 Å². The van der Waals surface area contributed by atoms with E-state index in [0.717, 1.165) is 10.9 Å². The fourth-order valence-electron chi connectivity index (χ4n) is 2.07. The standard InChI is InChI=1S/C17H10N2O2/c18-10-14-9-12(11-20)6-7-15(14)21-16-5-1-3-13-4-2-8-19-17(13)16/h1-9,11H. The topological polar surface area (TPSA) is 63.0 Å². The van der Waals surface area contributed by atoms with Crippen LogP contribution in [0.15, 0.2) is 54.7 Å². The summed E-state index contributed by atoms with van der Waals surface area (Å²) in [5, 5.41) is 10.1. The van der Waals surface area contributed by atoms with Gasteiger partial charge in [0.2, 0.25) is 0 Å². The number of nitrogens with zero attached hydrogens (tertiary/aromatic N) is 2. The predicted octanol–water partition coefficient (Wildman–Crippen LogP) is 3.71. The van der Waals surface area contributed by atoms with Gasteiger partial charge in [0.25, 0.3) is 0 Å². The minimum absolute atomic E-state index is 0.313. The molecular formula is C17H10N2O2. The third-order valence-electron chi connectivity index (χ3n) is 3.08. The second kappa shape index (κ2) is 5.43. The minimum atomic E-state index is 0.313. The SMILES string of the molecule is N#Cc1cc(C=O)ccc1Oc1cccc2cccnc12. The Kier molecular flexibility index (Phi) is 3.32. The molecule has 0 bridgehead atoms. The van der Waals surface area contributed by atoms with Crippen LogP contribution >= 0.6 is 0 Å². The summed E-state index contributed by atoms with van der Waals surface area (Å²) in [6.07, 6.45) is 2.39. The van der Waals surface area contributed by atoms with Crippen molar-refractivity contribution < 1.29 is 9.53 Å². The van der Waals surface area contributed by atoms with E-state index in [4.69, 9.17) is 10.00 Å². The van der Waals surface area contributed by atoms with Gasteiger partial charge in [0, 0.05) is 17.1 Å². The maximum Gasteiger partial charge on any atom is 0.153 e. The molecule has 0 aliphatic carbocycles. The number of nitriles is 1. The summed E-state index contributed by atoms with van der Waals surface area (Å²) in [6, 6.07) is 16.2. The Labute approximate surface area is 121 Å². The average molecular weight is 274 g/mol. The lowest BCUT2D eigenvalue weighted by Gasteiger charge is -2.09. The van der Waals surface area contributed by atoms with Crippen molar-refractivity contribution in [3.63, 3.8) is 0 Å². The van der Waals surface area contributed by atoms with Gasteiger partial charge in [-0.2, -0.15) is 5.26 Å². The molecule has 0 amide bonds. The van der Waals surface area contributed by atoms with E-state index in [9.17, 15) is 4.79 Å². The molecule has 0 atom stereocenters. The number of ether oxygens (including phenoxy) is 1. The molecule has 4 nitrogen and oxygen atoms in total. The number of aromatic nitrogens is 1. The Hall–Kier alpha value is -3.19. The van der Waals surface area contributed by atoms with Gasteiger partial charge in [-0.3, -0.25) is 9.78 Å². The van der Waals surface area contributed by atoms with E-state index in [0.29, 0.717) is 28.9 Å². The first-order chi connectivity index (χ1) is 10.3. The summed E-state index contributed by atoms with van der Waals surface area (Å²) in [5.74, 6) is 0.977. The number of aldehydes is 1. The highest BCUT2D eigenvalue weighted by Crippen LogP contribution is 2.30. The normalized spacial score (nSPS) is 10.0. The Morgan fingerprint density at radius 1 is 1.10 bits per heavy atom. The molecule has 0 unspecified atom stereocenters. The Bertz CT molecular complexity index is 861. The number of hydrogen-bond acceptors (Lipinski definition) is 4. The molecule has 0 aliphatic rings. The number of rotatable bonds is 3. The number of benzene rings is 2. The zero-order chi connectivity index (χ0) is 14.7. The molecule has 0 saturated carbocycles. The third-order valence-corrected chi connectivity index (χ3v) is 3.08. The largest absolute Gasteiger partial charge is 0.454 e. The fourth-order valence-corrected chi connectivity index (χ4v) is 2.07. The second-order valence-corrected chi connectivity index (χ2v) is 4.42. The summed E-state index contributed by atoms with van der Waals surface area (Å²) in [7, 11) is 0. The molecule has 0 fully saturated rings. The number of carbonyl (C=O) groups is 1. The number of para-hydroxylation sites is 1. The van der Waals surface area contributed by atoms with Gasteiger partial charge in [0.15, 0.2) is 5.75 Å². The Morgan fingerprint density at radius 2 is 1.95 bits per heavy atom. The van der Waals surface area contributed by atoms with Gasteiger partial charge in [-0.25, -0.2) is 0 Å². The first kappa shape index (κ1) is 12.8. The number of pyridine rings is 1. The Balaban J connectivity index is 2.07. The van der Waals surface area contributed by atoms with E-state index in [1.807, 2.05) is 30.3 Å². The first-order valence-electron chi connectivity index (χ1n) is 6.33. The molecule has 0 N–H and O–H groups in total. The van der Waals surface area contributed by atoms with Crippen molar-refractivity contribution in [1.29, 1.82) is 5.26 Å². The van der Waals surface area contributed by atoms with Crippen LogP contribution in [-0.4, -0.2) is 11.3 Å². The summed E-state index contributed by atoms with van der Waals surface area (Å²) in [4.78, 5) is 15.1. The van der Waals surface area contributed by atoms with Gasteiger partial charge in [-0.15, -0.1) is 0 Å². The van der Waals surface area contributed by atoms with Crippen LogP contribution in [-0.2, 0) is 0 Å². The summed E-state index contributed by atoms with van der Waals surface area (Å²) >= 11 is 0. The van der Waals surface area contributed by atoms with Gasteiger partial charge in [-0.05, 0) is 30.3 Å². The highest BCUT2D eigenvalue weighted by molar-refractivity contribution is 5.84. The van der Waals surface area contributed by atoms with Gasteiger partial charge in [0.05, 0.1) is 5.56 Å². The summed E-state index contributed by atoms with van der Waals surface area (Å²) in [6.45, 7) is 0. The van der Waals surface area contributed by atoms with Crippen LogP contribution < -0.4 is 4.74 Å². The highest BCUT2D eigenvalue weighted by Gasteiger charge is 2.09. The van der Waals surface area contributed by atoms with Crippen LogP contribution in [0.3, 0.4) is 0 Å². The molecular weight excluding hydrogens is 264 g/mol. The van der Waals surface area contributed by atoms with E-state index in [1.54, 1.807) is 24.4 Å². The van der Waals surface area contributed by atoms with E-state index in [1.165, 1.54) is 6.07 Å². The van der Waals surface area contributed by atoms with Gasteiger partial charge in [0.1, 0.15) is 23.6 Å². The maximum atomic E-state index is 10.8. The lowest BCUT2D eigenvalue weighted by molar-refractivity contribution is 0.112. The van der Waals surface area contributed by atoms with Crippen LogP contribution in [0, 0.1) is 11.3 Å². The fraction of sp³-hybridized carbons (Fsp3) is 0. The van der Waals surface area contributed by atoms with Crippen LogP contribution in [0.5, 0.6) is 11.5 Å². The van der Waals surface area contributed by atoms with E-state index in [2.05, 4.69) is 4.98 Å². The maximum absolute atomic E-state index is 10.8. The smallest absolute Gasteiger partial charge is 0.153 e. The molecule has 4 heteroatoms. The predicted molar refractivity (Wildman–Crippen MR) is 78.4 cm³/mol. The lowest BCUT2D eigenvalue weighted by atomic mass is 10.1. The summed E-state index contributed by atoms with van der Waals surface area (Å²) < 4.78 is 5.81. The molecule has 3 rings (SSSR count). The van der Waals surface area contributed by atoms with Crippen LogP contribution in [0.25, 0.3) is 10.9 Å². The van der Waals surface area contributed by atoms with Crippen molar-refractivity contribution in [1.82, 2.24) is 4.98 Å². The van der Waals surface area contributed by atoms with Crippen molar-refractivity contribution in [2.24, 2.45) is 0 Å². The van der Waals surface area contributed by atoms with Gasteiger partial charge >= 0.3 is 0 Å². The molecule has 3 aromatic rings. The monoisotopic (exact) mass is 274 g/mol. The van der Waals surface area contributed by atoms with Crippen LogP contribution in [0.4, 0.5) is 0 Å². The van der Waals surface area contributed by atoms with Crippen molar-refractivity contribution in [3.05, 3.63) is 65.9 Å². The van der Waals surface area contributed by atoms with Crippen molar-refractivity contribution >= 4 is 17.2 Å². The first-order valence-corrected chi connectivity index (χ1v) is 6.33. The lowest BCUT2D eigenvalue weighted by Crippen LogP contribution is -1.92. The van der Waals surface area contributed by atoms with Crippen molar-refractivity contribution in [2.45, 2.75) is 0 Å². The van der Waals surface area contributed by atoms with Crippen LogP contribution in [0.2, 0.25) is 0 Å². The number of carbonyl (C=O) groups excluding carboxylic acids is 1. The zero-order valence-electron chi connectivity index (χ0n) is 11.0. The zero-order valence-corrected chi connectivity index (χ0v) is 11.0. The minimum Gasteiger partial charge on any atom is -0.454 e. The van der Waals surface area contributed by atoms with E-state index >= 15 is 0 Å². The second-order valence-electron chi connectivity index (χ2n) is 4.42. The number of fused-ring (bicyclic) bond motifs is 1. The molecule has 0 aliphatic heterocycles. The molecule has 100 valence electrons. The highest BCUT2D eigenvalue weighted by atomic mass is 16.5.